The Hall–Kier alpha value is 0.270. The maximum atomic E-state index is 5.47. The van der Waals surface area contributed by atoms with Crippen LogP contribution in [0.3, 0.4) is 0 Å². The second kappa shape index (κ2) is 2.90. The molecule has 0 aliphatic carbocycles. The monoisotopic (exact) mass is 147 g/mol. The summed E-state index contributed by atoms with van der Waals surface area (Å²) < 4.78 is 7.46. The van der Waals surface area contributed by atoms with Crippen molar-refractivity contribution in [2.45, 2.75) is 26.1 Å². The van der Waals surface area contributed by atoms with Crippen LogP contribution < -0.4 is 0 Å². The van der Waals surface area contributed by atoms with Crippen LogP contribution in [0.1, 0.15) is 13.8 Å². The Morgan fingerprint density at radius 2 is 1.78 bits per heavy atom. The lowest BCUT2D eigenvalue weighted by molar-refractivity contribution is -0.0408. The number of nitrogens with zero attached hydrogens (tertiary/aromatic N) is 1. The van der Waals surface area contributed by atoms with E-state index in [1.54, 1.807) is 0 Å². The molecule has 0 bridgehead atoms. The summed E-state index contributed by atoms with van der Waals surface area (Å²) >= 11 is 4.23. The molecule has 3 heteroatoms. The van der Waals surface area contributed by atoms with E-state index in [9.17, 15) is 0 Å². The van der Waals surface area contributed by atoms with Crippen molar-refractivity contribution < 1.29 is 4.74 Å². The van der Waals surface area contributed by atoms with Crippen molar-refractivity contribution in [2.75, 3.05) is 13.1 Å². The number of rotatable bonds is 0. The SMILES string of the molecule is C[C@@H]1CN(S)C[C@H](C)O1. The van der Waals surface area contributed by atoms with Gasteiger partial charge in [0.25, 0.3) is 0 Å². The van der Waals surface area contributed by atoms with Crippen LogP contribution in [-0.2, 0) is 4.74 Å². The molecule has 0 radical (unpaired) electrons. The minimum atomic E-state index is 0.339. The summed E-state index contributed by atoms with van der Waals surface area (Å²) in [5.74, 6) is 0. The molecule has 0 saturated carbocycles. The van der Waals surface area contributed by atoms with Crippen LogP contribution in [0, 0.1) is 0 Å². The minimum Gasteiger partial charge on any atom is -0.373 e. The number of hydrogen-bond acceptors (Lipinski definition) is 3. The summed E-state index contributed by atoms with van der Waals surface area (Å²) in [6.07, 6.45) is 0.678. The van der Waals surface area contributed by atoms with Crippen LogP contribution in [0.5, 0.6) is 0 Å². The summed E-state index contributed by atoms with van der Waals surface area (Å²) in [5.41, 5.74) is 0. The molecule has 1 rings (SSSR count). The fraction of sp³-hybridized carbons (Fsp3) is 1.00. The van der Waals surface area contributed by atoms with Gasteiger partial charge in [0.1, 0.15) is 0 Å². The Bertz CT molecular complexity index is 74.0. The van der Waals surface area contributed by atoms with Crippen LogP contribution in [0.15, 0.2) is 0 Å². The number of hydrogen-bond donors (Lipinski definition) is 1. The van der Waals surface area contributed by atoms with Crippen molar-refractivity contribution in [1.29, 1.82) is 0 Å². The maximum Gasteiger partial charge on any atom is 0.0687 e. The smallest absolute Gasteiger partial charge is 0.0687 e. The van der Waals surface area contributed by atoms with Crippen molar-refractivity contribution in [3.8, 4) is 0 Å². The zero-order valence-electron chi connectivity index (χ0n) is 5.87. The van der Waals surface area contributed by atoms with E-state index in [4.69, 9.17) is 4.74 Å². The van der Waals surface area contributed by atoms with Crippen molar-refractivity contribution in [3.63, 3.8) is 0 Å². The molecule has 1 fully saturated rings. The zero-order valence-corrected chi connectivity index (χ0v) is 6.77. The second-order valence-electron chi connectivity index (χ2n) is 2.63. The Morgan fingerprint density at radius 1 is 1.33 bits per heavy atom. The molecule has 0 aromatic rings. The first kappa shape index (κ1) is 7.38. The van der Waals surface area contributed by atoms with Gasteiger partial charge in [-0.15, -0.1) is 0 Å². The molecule has 1 heterocycles. The summed E-state index contributed by atoms with van der Waals surface area (Å²) in [6, 6.07) is 0. The molecule has 1 aliphatic rings. The highest BCUT2D eigenvalue weighted by atomic mass is 32.1. The van der Waals surface area contributed by atoms with Gasteiger partial charge in [-0.2, -0.15) is 0 Å². The summed E-state index contributed by atoms with van der Waals surface area (Å²) in [5, 5.41) is 0. The first-order chi connectivity index (χ1) is 4.18. The van der Waals surface area contributed by atoms with Crippen molar-refractivity contribution in [2.24, 2.45) is 0 Å². The van der Waals surface area contributed by atoms with Gasteiger partial charge in [-0.05, 0) is 13.8 Å². The van der Waals surface area contributed by atoms with Gasteiger partial charge < -0.3 is 4.74 Å². The van der Waals surface area contributed by atoms with Gasteiger partial charge >= 0.3 is 0 Å². The number of thiol groups is 1. The van der Waals surface area contributed by atoms with Crippen molar-refractivity contribution in [1.82, 2.24) is 4.31 Å². The molecule has 54 valence electrons. The molecule has 2 nitrogen and oxygen atoms in total. The predicted molar refractivity (Wildman–Crippen MR) is 40.6 cm³/mol. The van der Waals surface area contributed by atoms with E-state index in [2.05, 4.69) is 26.7 Å². The third-order valence-corrected chi connectivity index (χ3v) is 1.73. The predicted octanol–water partition coefficient (Wildman–Crippen LogP) is 0.940. The molecule has 0 aromatic carbocycles. The lowest BCUT2D eigenvalue weighted by atomic mass is 10.3. The number of ether oxygens (including phenoxy) is 1. The Morgan fingerprint density at radius 3 is 2.11 bits per heavy atom. The fourth-order valence-electron chi connectivity index (χ4n) is 1.15. The first-order valence-corrected chi connectivity index (χ1v) is 3.68. The quantitative estimate of drug-likeness (QED) is 0.512. The fourth-order valence-corrected chi connectivity index (χ4v) is 1.61. The zero-order chi connectivity index (χ0) is 6.85. The molecule has 0 N–H and O–H groups in total. The van der Waals surface area contributed by atoms with Crippen LogP contribution in [-0.4, -0.2) is 29.6 Å². The normalized spacial score (nSPS) is 39.0. The summed E-state index contributed by atoms with van der Waals surface area (Å²) in [7, 11) is 0. The minimum absolute atomic E-state index is 0.339. The Labute approximate surface area is 61.7 Å². The highest BCUT2D eigenvalue weighted by Crippen LogP contribution is 2.11. The van der Waals surface area contributed by atoms with Gasteiger partial charge in [-0.25, -0.2) is 4.31 Å². The number of morpholine rings is 1. The summed E-state index contributed by atoms with van der Waals surface area (Å²) in [4.78, 5) is 0. The van der Waals surface area contributed by atoms with E-state index in [-0.39, 0.29) is 0 Å². The van der Waals surface area contributed by atoms with Gasteiger partial charge in [-0.1, -0.05) is 12.8 Å². The average molecular weight is 147 g/mol. The highest BCUT2D eigenvalue weighted by Gasteiger charge is 2.19. The third kappa shape index (κ3) is 2.16. The van der Waals surface area contributed by atoms with Crippen LogP contribution in [0.2, 0.25) is 0 Å². The standard InChI is InChI=1S/C6H13NOS/c1-5-3-7(9)4-6(2)8-5/h5-6,9H,3-4H2,1-2H3/t5-,6+. The van der Waals surface area contributed by atoms with E-state index in [0.717, 1.165) is 13.1 Å². The topological polar surface area (TPSA) is 12.5 Å². The van der Waals surface area contributed by atoms with E-state index in [1.165, 1.54) is 0 Å². The van der Waals surface area contributed by atoms with Crippen molar-refractivity contribution >= 4 is 12.8 Å². The summed E-state index contributed by atoms with van der Waals surface area (Å²) in [6.45, 7) is 6.01. The maximum absolute atomic E-state index is 5.47. The highest BCUT2D eigenvalue weighted by molar-refractivity contribution is 7.77. The average Bonchev–Trinajstić information content (AvgIpc) is 1.59. The first-order valence-electron chi connectivity index (χ1n) is 3.28. The van der Waals surface area contributed by atoms with Gasteiger partial charge in [-0.3, -0.25) is 0 Å². The molecule has 0 aromatic heterocycles. The van der Waals surface area contributed by atoms with Gasteiger partial charge in [0, 0.05) is 13.1 Å². The molecule has 1 saturated heterocycles. The molecular weight excluding hydrogens is 134 g/mol. The van der Waals surface area contributed by atoms with Crippen LogP contribution >= 0.6 is 12.8 Å². The van der Waals surface area contributed by atoms with E-state index >= 15 is 0 Å². The Balaban J connectivity index is 2.34. The lowest BCUT2D eigenvalue weighted by Gasteiger charge is -2.31. The van der Waals surface area contributed by atoms with E-state index in [0.29, 0.717) is 12.2 Å². The molecule has 1 aliphatic heterocycles. The molecular formula is C6H13NOS. The second-order valence-corrected chi connectivity index (χ2v) is 3.19. The molecule has 0 unspecified atom stereocenters. The Kier molecular flexibility index (Phi) is 2.38. The molecule has 2 atom stereocenters. The third-order valence-electron chi connectivity index (χ3n) is 1.40. The van der Waals surface area contributed by atoms with E-state index in [1.807, 2.05) is 4.31 Å². The molecule has 0 amide bonds. The lowest BCUT2D eigenvalue weighted by Crippen LogP contribution is -2.40. The van der Waals surface area contributed by atoms with Crippen LogP contribution in [0.25, 0.3) is 0 Å². The van der Waals surface area contributed by atoms with E-state index < -0.39 is 0 Å². The molecule has 0 spiro atoms. The molecule has 9 heavy (non-hydrogen) atoms. The van der Waals surface area contributed by atoms with Crippen molar-refractivity contribution in [3.05, 3.63) is 0 Å². The van der Waals surface area contributed by atoms with Gasteiger partial charge in [0.2, 0.25) is 0 Å². The van der Waals surface area contributed by atoms with Gasteiger partial charge in [0.15, 0.2) is 0 Å². The van der Waals surface area contributed by atoms with Gasteiger partial charge in [0.05, 0.1) is 12.2 Å². The largest absolute Gasteiger partial charge is 0.373 e. The van der Waals surface area contributed by atoms with Crippen LogP contribution in [0.4, 0.5) is 0 Å².